The molecule has 1 fully saturated rings. The number of carbonyl (C=O) groups excluding carboxylic acids is 2. The zero-order valence-corrected chi connectivity index (χ0v) is 21.9. The third kappa shape index (κ3) is 5.62. The van der Waals surface area contributed by atoms with Gasteiger partial charge in [0.15, 0.2) is 5.82 Å². The van der Waals surface area contributed by atoms with Gasteiger partial charge in [0.25, 0.3) is 11.8 Å². The molecule has 1 aromatic heterocycles. The number of aromatic nitrogens is 1. The number of nitrogen functional groups attached to an aromatic ring is 1. The first-order valence-electron chi connectivity index (χ1n) is 12.8. The van der Waals surface area contributed by atoms with E-state index in [-0.39, 0.29) is 23.3 Å². The Kier molecular flexibility index (Phi) is 7.71. The van der Waals surface area contributed by atoms with Crippen LogP contribution in [0.2, 0.25) is 0 Å². The number of nitrogens with one attached hydrogen (secondary N) is 3. The molecule has 2 amide bonds. The third-order valence-corrected chi connectivity index (χ3v) is 6.76. The highest BCUT2D eigenvalue weighted by Gasteiger charge is 2.21. The Morgan fingerprint density at radius 3 is 2.50 bits per heavy atom. The van der Waals surface area contributed by atoms with Crippen molar-refractivity contribution in [3.8, 4) is 34.2 Å². The molecule has 5 N–H and O–H groups in total. The number of benzene rings is 3. The molecule has 9 nitrogen and oxygen atoms in total. The average molecular weight is 533 g/mol. The number of hydrogen-bond acceptors (Lipinski definition) is 7. The van der Waals surface area contributed by atoms with E-state index in [1.54, 1.807) is 54.6 Å². The topological polar surface area (TPSA) is 142 Å². The highest BCUT2D eigenvalue weighted by molar-refractivity contribution is 6.05. The first-order valence-corrected chi connectivity index (χ1v) is 12.8. The summed E-state index contributed by atoms with van der Waals surface area (Å²) in [6.45, 7) is 1.59. The number of methoxy groups -OCH3 is 1. The smallest absolute Gasteiger partial charge is 0.256 e. The van der Waals surface area contributed by atoms with E-state index >= 15 is 0 Å². The van der Waals surface area contributed by atoms with E-state index in [9.17, 15) is 14.9 Å². The van der Waals surface area contributed by atoms with Gasteiger partial charge in [-0.3, -0.25) is 9.59 Å². The number of anilines is 2. The standard InChI is InChI=1S/C31H28N6O3/c1-40-23-9-5-8-21(15-23)31(39)37-29-26(17-32)25(16-28(36-29)24-10-2-3-11-27(24)33)19-6-4-7-20(14-19)30(38)35-22-12-13-34-18-22/h2-11,14-16,22,34H,12-13,18,33H2,1H3,(H,35,38)(H,36,37,39). The highest BCUT2D eigenvalue weighted by atomic mass is 16.5. The number of para-hydroxylation sites is 1. The normalized spacial score (nSPS) is 14.2. The molecule has 9 heteroatoms. The second-order valence-corrected chi connectivity index (χ2v) is 9.41. The predicted molar refractivity (Wildman–Crippen MR) is 154 cm³/mol. The molecule has 0 saturated carbocycles. The second-order valence-electron chi connectivity index (χ2n) is 9.41. The van der Waals surface area contributed by atoms with Gasteiger partial charge in [-0.15, -0.1) is 0 Å². The molecule has 1 saturated heterocycles. The first-order chi connectivity index (χ1) is 19.5. The number of nitrogens with zero attached hydrogens (tertiary/aromatic N) is 2. The van der Waals surface area contributed by atoms with Crippen LogP contribution in [0.3, 0.4) is 0 Å². The zero-order valence-electron chi connectivity index (χ0n) is 21.9. The Labute approximate surface area is 232 Å². The molecule has 0 radical (unpaired) electrons. The van der Waals surface area contributed by atoms with Crippen molar-refractivity contribution in [3.63, 3.8) is 0 Å². The Bertz CT molecular complexity index is 1620. The van der Waals surface area contributed by atoms with Crippen molar-refractivity contribution in [1.82, 2.24) is 15.6 Å². The maximum Gasteiger partial charge on any atom is 0.256 e. The number of hydrogen-bond donors (Lipinski definition) is 4. The summed E-state index contributed by atoms with van der Waals surface area (Å²) in [4.78, 5) is 30.9. The predicted octanol–water partition coefficient (Wildman–Crippen LogP) is 4.22. The fourth-order valence-electron chi connectivity index (χ4n) is 4.66. The van der Waals surface area contributed by atoms with Crippen LogP contribution in [-0.2, 0) is 0 Å². The molecule has 5 rings (SSSR count). The molecule has 200 valence electrons. The summed E-state index contributed by atoms with van der Waals surface area (Å²) >= 11 is 0. The van der Waals surface area contributed by atoms with Crippen molar-refractivity contribution in [2.24, 2.45) is 0 Å². The molecule has 0 bridgehead atoms. The van der Waals surface area contributed by atoms with E-state index in [1.807, 2.05) is 24.3 Å². The zero-order chi connectivity index (χ0) is 28.1. The number of carbonyl (C=O) groups is 2. The van der Waals surface area contributed by atoms with Crippen molar-refractivity contribution in [1.29, 1.82) is 5.26 Å². The average Bonchev–Trinajstić information content (AvgIpc) is 3.50. The minimum atomic E-state index is -0.453. The number of ether oxygens (including phenoxy) is 1. The lowest BCUT2D eigenvalue weighted by Crippen LogP contribution is -2.36. The van der Waals surface area contributed by atoms with Crippen LogP contribution in [0, 0.1) is 11.3 Å². The van der Waals surface area contributed by atoms with Gasteiger partial charge in [0, 0.05) is 40.5 Å². The van der Waals surface area contributed by atoms with Gasteiger partial charge in [-0.05, 0) is 61.0 Å². The minimum Gasteiger partial charge on any atom is -0.497 e. The largest absolute Gasteiger partial charge is 0.497 e. The molecular weight excluding hydrogens is 504 g/mol. The molecular formula is C31H28N6O3. The van der Waals surface area contributed by atoms with E-state index in [2.05, 4.69) is 27.0 Å². The Morgan fingerprint density at radius 1 is 1.00 bits per heavy atom. The van der Waals surface area contributed by atoms with Crippen molar-refractivity contribution >= 4 is 23.3 Å². The SMILES string of the molecule is COc1cccc(C(=O)Nc2nc(-c3ccccc3N)cc(-c3cccc(C(=O)NC4CCNC4)c3)c2C#N)c1. The molecule has 40 heavy (non-hydrogen) atoms. The lowest BCUT2D eigenvalue weighted by atomic mass is 9.96. The van der Waals surface area contributed by atoms with Crippen LogP contribution in [0.5, 0.6) is 5.75 Å². The number of rotatable bonds is 7. The van der Waals surface area contributed by atoms with Crippen molar-refractivity contribution in [3.05, 3.63) is 95.6 Å². The molecule has 0 spiro atoms. The van der Waals surface area contributed by atoms with Gasteiger partial charge in [-0.1, -0.05) is 36.4 Å². The fraction of sp³-hybridized carbons (Fsp3) is 0.161. The van der Waals surface area contributed by atoms with Gasteiger partial charge in [0.2, 0.25) is 0 Å². The lowest BCUT2D eigenvalue weighted by molar-refractivity contribution is 0.0939. The van der Waals surface area contributed by atoms with E-state index < -0.39 is 5.91 Å². The third-order valence-electron chi connectivity index (χ3n) is 6.76. The van der Waals surface area contributed by atoms with E-state index in [0.717, 1.165) is 19.5 Å². The van der Waals surface area contributed by atoms with Gasteiger partial charge in [0.1, 0.15) is 17.4 Å². The summed E-state index contributed by atoms with van der Waals surface area (Å²) in [7, 11) is 1.52. The van der Waals surface area contributed by atoms with Crippen LogP contribution in [0.4, 0.5) is 11.5 Å². The summed E-state index contributed by atoms with van der Waals surface area (Å²) in [5, 5.41) is 19.3. The van der Waals surface area contributed by atoms with Crippen LogP contribution >= 0.6 is 0 Å². The number of nitriles is 1. The Morgan fingerprint density at radius 2 is 1.77 bits per heavy atom. The Balaban J connectivity index is 1.59. The van der Waals surface area contributed by atoms with Crippen LogP contribution in [-0.4, -0.2) is 43.0 Å². The van der Waals surface area contributed by atoms with Gasteiger partial charge in [-0.25, -0.2) is 4.98 Å². The minimum absolute atomic E-state index is 0.0674. The van der Waals surface area contributed by atoms with Gasteiger partial charge < -0.3 is 26.4 Å². The summed E-state index contributed by atoms with van der Waals surface area (Å²) in [6.07, 6.45) is 0.868. The van der Waals surface area contributed by atoms with Gasteiger partial charge in [-0.2, -0.15) is 5.26 Å². The molecule has 3 aromatic carbocycles. The fourth-order valence-corrected chi connectivity index (χ4v) is 4.66. The maximum absolute atomic E-state index is 13.2. The van der Waals surface area contributed by atoms with Gasteiger partial charge in [0.05, 0.1) is 12.8 Å². The number of amides is 2. The molecule has 1 aliphatic heterocycles. The summed E-state index contributed by atoms with van der Waals surface area (Å²) in [5.41, 5.74) is 9.98. The summed E-state index contributed by atoms with van der Waals surface area (Å²) in [6, 6.07) is 25.0. The number of nitrogens with two attached hydrogens (primary N) is 1. The van der Waals surface area contributed by atoms with Crippen LogP contribution < -0.4 is 26.4 Å². The van der Waals surface area contributed by atoms with Gasteiger partial charge >= 0.3 is 0 Å². The van der Waals surface area contributed by atoms with Crippen molar-refractivity contribution in [2.75, 3.05) is 31.2 Å². The number of pyridine rings is 1. The molecule has 4 aromatic rings. The molecule has 2 heterocycles. The second kappa shape index (κ2) is 11.7. The van der Waals surface area contributed by atoms with E-state index in [0.29, 0.717) is 44.9 Å². The van der Waals surface area contributed by atoms with E-state index in [4.69, 9.17) is 10.5 Å². The van der Waals surface area contributed by atoms with Crippen LogP contribution in [0.25, 0.3) is 22.4 Å². The molecule has 1 aliphatic rings. The first kappa shape index (κ1) is 26.4. The Hall–Kier alpha value is -5.20. The quantitative estimate of drug-likeness (QED) is 0.261. The lowest BCUT2D eigenvalue weighted by Gasteiger charge is -2.16. The van der Waals surface area contributed by atoms with Crippen molar-refractivity contribution in [2.45, 2.75) is 12.5 Å². The molecule has 1 unspecified atom stereocenters. The molecule has 0 aliphatic carbocycles. The summed E-state index contributed by atoms with van der Waals surface area (Å²) < 4.78 is 5.24. The highest BCUT2D eigenvalue weighted by Crippen LogP contribution is 2.35. The van der Waals surface area contributed by atoms with Crippen LogP contribution in [0.1, 0.15) is 32.7 Å². The molecule has 1 atom stereocenters. The summed E-state index contributed by atoms with van der Waals surface area (Å²) in [5.74, 6) is -0.0402. The van der Waals surface area contributed by atoms with Crippen LogP contribution in [0.15, 0.2) is 78.9 Å². The monoisotopic (exact) mass is 532 g/mol. The maximum atomic E-state index is 13.2. The van der Waals surface area contributed by atoms with Crippen molar-refractivity contribution < 1.29 is 14.3 Å². The van der Waals surface area contributed by atoms with E-state index in [1.165, 1.54) is 7.11 Å².